The summed E-state index contributed by atoms with van der Waals surface area (Å²) < 4.78 is 57.0. The van der Waals surface area contributed by atoms with Crippen LogP contribution in [0.5, 0.6) is 0 Å². The number of halogens is 4. The SMILES string of the molecule is C[Si](C)(F)C([Si](C)(C)F)([Si](C)(C)F)[Si](C)(C)F. The largest absolute Gasteiger partial charge is 0.314 e. The van der Waals surface area contributed by atoms with Crippen LogP contribution in [0.25, 0.3) is 0 Å². The van der Waals surface area contributed by atoms with Crippen molar-refractivity contribution in [1.82, 2.24) is 0 Å². The molecule has 0 heterocycles. The van der Waals surface area contributed by atoms with Gasteiger partial charge in [0.05, 0.1) is 3.91 Å². The Morgan fingerprint density at radius 3 is 0.588 bits per heavy atom. The standard InChI is InChI=1S/C9H24F4Si4/c1-14(2,10)9(15(3,4)11,16(5,6)12)17(7,8)13/h1-8H3. The maximum absolute atomic E-state index is 14.7. The molecule has 0 saturated heterocycles. The average molecular weight is 321 g/mol. The Morgan fingerprint density at radius 1 is 0.471 bits per heavy atom. The first-order chi connectivity index (χ1) is 7.00. The Morgan fingerprint density at radius 2 is 0.588 bits per heavy atom. The Labute approximate surface area is 107 Å². The van der Waals surface area contributed by atoms with Crippen LogP contribution in [0.4, 0.5) is 16.4 Å². The number of hydrogen-bond acceptors (Lipinski definition) is 0. The van der Waals surface area contributed by atoms with Gasteiger partial charge in [0.2, 0.25) is 33.6 Å². The minimum atomic E-state index is -3.78. The fourth-order valence-electron chi connectivity index (χ4n) is 4.24. The monoisotopic (exact) mass is 320 g/mol. The lowest BCUT2D eigenvalue weighted by atomic mass is 11.6. The van der Waals surface area contributed by atoms with Gasteiger partial charge in [0.1, 0.15) is 0 Å². The Balaban J connectivity index is 6.37. The number of rotatable bonds is 4. The highest BCUT2D eigenvalue weighted by Crippen LogP contribution is 2.61. The first kappa shape index (κ1) is 17.6. The number of hydrogen-bond donors (Lipinski definition) is 0. The second-order valence-corrected chi connectivity index (χ2v) is 24.4. The van der Waals surface area contributed by atoms with Gasteiger partial charge in [0.15, 0.2) is 0 Å². The molecule has 17 heavy (non-hydrogen) atoms. The second-order valence-electron chi connectivity index (χ2n) is 6.64. The highest BCUT2D eigenvalue weighted by molar-refractivity contribution is 7.24. The Hall–Kier alpha value is 0.588. The normalized spacial score (nSPS) is 16.2. The van der Waals surface area contributed by atoms with Gasteiger partial charge in [-0.05, 0) is 52.4 Å². The molecular weight excluding hydrogens is 296 g/mol. The van der Waals surface area contributed by atoms with Gasteiger partial charge in [-0.25, -0.2) is 0 Å². The van der Waals surface area contributed by atoms with Gasteiger partial charge in [-0.1, -0.05) is 0 Å². The van der Waals surface area contributed by atoms with Crippen LogP contribution in [0.2, 0.25) is 56.3 Å². The molecule has 0 radical (unpaired) electrons. The zero-order chi connectivity index (χ0) is 14.5. The van der Waals surface area contributed by atoms with Crippen LogP contribution in [0.1, 0.15) is 0 Å². The van der Waals surface area contributed by atoms with Crippen LogP contribution in [-0.4, -0.2) is 33.6 Å². The molecule has 0 atom stereocenters. The van der Waals surface area contributed by atoms with E-state index >= 15 is 0 Å². The van der Waals surface area contributed by atoms with Gasteiger partial charge in [-0.15, -0.1) is 0 Å². The lowest BCUT2D eigenvalue weighted by Gasteiger charge is -2.54. The molecule has 0 spiro atoms. The van der Waals surface area contributed by atoms with Crippen LogP contribution in [0, 0.1) is 0 Å². The van der Waals surface area contributed by atoms with Gasteiger partial charge < -0.3 is 16.4 Å². The highest BCUT2D eigenvalue weighted by atomic mass is 28.6. The molecular formula is C9H24F4Si4. The molecule has 0 fully saturated rings. The molecule has 0 bridgehead atoms. The zero-order valence-corrected chi connectivity index (χ0v) is 16.0. The fraction of sp³-hybridized carbons (Fsp3) is 1.00. The van der Waals surface area contributed by atoms with E-state index in [4.69, 9.17) is 0 Å². The van der Waals surface area contributed by atoms with Crippen molar-refractivity contribution in [3.63, 3.8) is 0 Å². The third-order valence-corrected chi connectivity index (χ3v) is 32.1. The highest BCUT2D eigenvalue weighted by Gasteiger charge is 2.77. The molecule has 0 unspecified atom stereocenters. The molecule has 0 amide bonds. The molecule has 0 aliphatic rings. The summed E-state index contributed by atoms with van der Waals surface area (Å²) in [6.07, 6.45) is 0. The summed E-state index contributed by atoms with van der Waals surface area (Å²) in [5.74, 6) is 0. The lowest BCUT2D eigenvalue weighted by molar-refractivity contribution is 0.652. The van der Waals surface area contributed by atoms with E-state index < -0.39 is 37.5 Å². The van der Waals surface area contributed by atoms with Gasteiger partial charge in [0.25, 0.3) is 0 Å². The van der Waals surface area contributed by atoms with E-state index in [9.17, 15) is 16.4 Å². The molecule has 0 rings (SSSR count). The summed E-state index contributed by atoms with van der Waals surface area (Å²) in [4.78, 5) is 0. The molecule has 0 nitrogen and oxygen atoms in total. The van der Waals surface area contributed by atoms with Crippen molar-refractivity contribution < 1.29 is 16.4 Å². The first-order valence-corrected chi connectivity index (χ1v) is 17.3. The predicted octanol–water partition coefficient (Wildman–Crippen LogP) is 5.04. The topological polar surface area (TPSA) is 0 Å². The second kappa shape index (κ2) is 4.31. The molecule has 0 aromatic rings. The fourth-order valence-corrected chi connectivity index (χ4v) is 38.2. The van der Waals surface area contributed by atoms with Gasteiger partial charge in [-0.2, -0.15) is 0 Å². The summed E-state index contributed by atoms with van der Waals surface area (Å²) >= 11 is 0. The molecule has 8 heteroatoms. The first-order valence-electron chi connectivity index (χ1n) is 5.76. The third-order valence-electron chi connectivity index (χ3n) is 3.57. The van der Waals surface area contributed by atoms with E-state index in [-0.39, 0.29) is 0 Å². The molecule has 0 saturated carbocycles. The maximum atomic E-state index is 14.7. The molecule has 0 aliphatic carbocycles. The van der Waals surface area contributed by atoms with Crippen molar-refractivity contribution >= 4 is 33.6 Å². The van der Waals surface area contributed by atoms with E-state index in [2.05, 4.69) is 0 Å². The van der Waals surface area contributed by atoms with Crippen molar-refractivity contribution in [2.24, 2.45) is 0 Å². The summed E-state index contributed by atoms with van der Waals surface area (Å²) in [5.41, 5.74) is 0. The van der Waals surface area contributed by atoms with Crippen molar-refractivity contribution in [3.05, 3.63) is 0 Å². The Bertz CT molecular complexity index is 218. The van der Waals surface area contributed by atoms with E-state index in [1.807, 2.05) is 0 Å². The van der Waals surface area contributed by atoms with Crippen molar-refractivity contribution in [3.8, 4) is 0 Å². The summed E-state index contributed by atoms with van der Waals surface area (Å²) in [5, 5.41) is 0. The van der Waals surface area contributed by atoms with E-state index in [1.165, 1.54) is 52.4 Å². The van der Waals surface area contributed by atoms with Gasteiger partial charge in [-0.3, -0.25) is 0 Å². The van der Waals surface area contributed by atoms with Crippen LogP contribution >= 0.6 is 0 Å². The maximum Gasteiger partial charge on any atom is 0.246 e. The summed E-state index contributed by atoms with van der Waals surface area (Å²) in [6, 6.07) is 0. The van der Waals surface area contributed by atoms with Crippen LogP contribution in [0.3, 0.4) is 0 Å². The molecule has 0 N–H and O–H groups in total. The third kappa shape index (κ3) is 2.64. The van der Waals surface area contributed by atoms with E-state index in [0.717, 1.165) is 0 Å². The van der Waals surface area contributed by atoms with E-state index in [1.54, 1.807) is 0 Å². The van der Waals surface area contributed by atoms with Crippen molar-refractivity contribution in [2.75, 3.05) is 0 Å². The smallest absolute Gasteiger partial charge is 0.246 e. The van der Waals surface area contributed by atoms with Crippen LogP contribution in [0.15, 0.2) is 0 Å². The van der Waals surface area contributed by atoms with Crippen LogP contribution in [-0.2, 0) is 0 Å². The lowest BCUT2D eigenvalue weighted by Crippen LogP contribution is -2.73. The minimum absolute atomic E-state index is 1.27. The summed E-state index contributed by atoms with van der Waals surface area (Å²) in [7, 11) is -15.1. The summed E-state index contributed by atoms with van der Waals surface area (Å²) in [6.45, 7) is 10.1. The Kier molecular flexibility index (Phi) is 4.46. The van der Waals surface area contributed by atoms with Gasteiger partial charge >= 0.3 is 0 Å². The minimum Gasteiger partial charge on any atom is -0.314 e. The zero-order valence-electron chi connectivity index (χ0n) is 12.0. The van der Waals surface area contributed by atoms with Gasteiger partial charge in [0, 0.05) is 0 Å². The van der Waals surface area contributed by atoms with Crippen molar-refractivity contribution in [1.29, 1.82) is 0 Å². The molecule has 104 valence electrons. The van der Waals surface area contributed by atoms with Crippen LogP contribution < -0.4 is 0 Å². The van der Waals surface area contributed by atoms with Crippen molar-refractivity contribution in [2.45, 2.75) is 56.3 Å². The predicted molar refractivity (Wildman–Crippen MR) is 77.1 cm³/mol. The molecule has 0 aliphatic heterocycles. The average Bonchev–Trinajstić information content (AvgIpc) is 1.67. The molecule has 0 aromatic carbocycles. The van der Waals surface area contributed by atoms with E-state index in [0.29, 0.717) is 0 Å². The molecule has 0 aromatic heterocycles. The quantitative estimate of drug-likeness (QED) is 0.386.